The summed E-state index contributed by atoms with van der Waals surface area (Å²) in [6, 6.07) is 17.5. The van der Waals surface area contributed by atoms with Gasteiger partial charge in [-0.1, -0.05) is 49.6 Å². The van der Waals surface area contributed by atoms with Gasteiger partial charge >= 0.3 is 5.97 Å². The van der Waals surface area contributed by atoms with Crippen molar-refractivity contribution in [1.29, 1.82) is 0 Å². The van der Waals surface area contributed by atoms with Crippen molar-refractivity contribution >= 4 is 18.0 Å². The van der Waals surface area contributed by atoms with Crippen LogP contribution in [0, 0.1) is 6.92 Å². The van der Waals surface area contributed by atoms with Gasteiger partial charge in [0, 0.05) is 30.6 Å². The molecule has 4 rings (SSSR count). The quantitative estimate of drug-likeness (QED) is 0.211. The van der Waals surface area contributed by atoms with Gasteiger partial charge in [-0.15, -0.1) is 0 Å². The Morgan fingerprint density at radius 1 is 1.05 bits per heavy atom. The SMILES string of the molecule is CCOC(=O)/C(=C/c1ccc(OCCc2nc(-c3ccccc3)oc2C)cc1)CC(=O)N(C)C1CCCCC1. The molecule has 3 aromatic rings. The van der Waals surface area contributed by atoms with E-state index in [1.807, 2.05) is 73.5 Å². The molecule has 1 heterocycles. The van der Waals surface area contributed by atoms with E-state index < -0.39 is 5.97 Å². The van der Waals surface area contributed by atoms with E-state index in [0.717, 1.165) is 48.3 Å². The summed E-state index contributed by atoms with van der Waals surface area (Å²) < 4.78 is 17.0. The Morgan fingerprint density at radius 3 is 2.46 bits per heavy atom. The fourth-order valence-electron chi connectivity index (χ4n) is 4.86. The molecule has 0 spiro atoms. The molecule has 0 saturated heterocycles. The maximum atomic E-state index is 13.0. The zero-order valence-corrected chi connectivity index (χ0v) is 23.2. The lowest BCUT2D eigenvalue weighted by atomic mass is 9.94. The van der Waals surface area contributed by atoms with Crippen LogP contribution >= 0.6 is 0 Å². The van der Waals surface area contributed by atoms with Crippen molar-refractivity contribution in [3.8, 4) is 17.2 Å². The van der Waals surface area contributed by atoms with E-state index >= 15 is 0 Å². The van der Waals surface area contributed by atoms with Crippen LogP contribution in [0.15, 0.2) is 64.6 Å². The summed E-state index contributed by atoms with van der Waals surface area (Å²) in [5.74, 6) is 1.59. The van der Waals surface area contributed by atoms with E-state index in [0.29, 0.717) is 30.2 Å². The van der Waals surface area contributed by atoms with Crippen molar-refractivity contribution in [1.82, 2.24) is 9.88 Å². The van der Waals surface area contributed by atoms with Gasteiger partial charge in [-0.3, -0.25) is 4.79 Å². The number of carbonyl (C=O) groups is 2. The predicted molar refractivity (Wildman–Crippen MR) is 151 cm³/mol. The second-order valence-electron chi connectivity index (χ2n) is 9.92. The van der Waals surface area contributed by atoms with Crippen LogP contribution in [0.3, 0.4) is 0 Å². The zero-order valence-electron chi connectivity index (χ0n) is 23.2. The summed E-state index contributed by atoms with van der Waals surface area (Å²) in [7, 11) is 1.84. The highest BCUT2D eigenvalue weighted by molar-refractivity contribution is 5.99. The van der Waals surface area contributed by atoms with E-state index in [-0.39, 0.29) is 25.0 Å². The Hall–Kier alpha value is -3.87. The summed E-state index contributed by atoms with van der Waals surface area (Å²) in [5, 5.41) is 0. The molecular weight excluding hydrogens is 492 g/mol. The second-order valence-corrected chi connectivity index (χ2v) is 9.92. The van der Waals surface area contributed by atoms with Gasteiger partial charge < -0.3 is 18.8 Å². The summed E-state index contributed by atoms with van der Waals surface area (Å²) in [6.07, 6.45) is 7.92. The molecular formula is C32H38N2O5. The van der Waals surface area contributed by atoms with Crippen LogP contribution in [0.2, 0.25) is 0 Å². The van der Waals surface area contributed by atoms with Gasteiger partial charge in [-0.05, 0) is 62.6 Å². The molecule has 0 N–H and O–H groups in total. The number of hydrogen-bond acceptors (Lipinski definition) is 6. The molecule has 2 aromatic carbocycles. The van der Waals surface area contributed by atoms with Crippen LogP contribution in [0.4, 0.5) is 0 Å². The Balaban J connectivity index is 1.36. The normalized spacial score (nSPS) is 14.2. The van der Waals surface area contributed by atoms with Crippen molar-refractivity contribution in [3.05, 3.63) is 77.2 Å². The van der Waals surface area contributed by atoms with Crippen molar-refractivity contribution < 1.29 is 23.5 Å². The van der Waals surface area contributed by atoms with E-state index in [1.54, 1.807) is 13.0 Å². The summed E-state index contributed by atoms with van der Waals surface area (Å²) in [5.41, 5.74) is 2.98. The highest BCUT2D eigenvalue weighted by Crippen LogP contribution is 2.24. The lowest BCUT2D eigenvalue weighted by molar-refractivity contribution is -0.140. The topological polar surface area (TPSA) is 81.9 Å². The lowest BCUT2D eigenvalue weighted by Gasteiger charge is -2.31. The van der Waals surface area contributed by atoms with Gasteiger partial charge in [-0.2, -0.15) is 0 Å². The minimum atomic E-state index is -0.457. The van der Waals surface area contributed by atoms with Gasteiger partial charge in [0.2, 0.25) is 11.8 Å². The average Bonchev–Trinajstić information content (AvgIpc) is 3.34. The van der Waals surface area contributed by atoms with E-state index in [2.05, 4.69) is 4.98 Å². The number of amides is 1. The molecule has 1 aliphatic rings. The summed E-state index contributed by atoms with van der Waals surface area (Å²) in [4.78, 5) is 32.1. The first kappa shape index (κ1) is 28.1. The fraction of sp³-hybridized carbons (Fsp3) is 0.406. The summed E-state index contributed by atoms with van der Waals surface area (Å²) >= 11 is 0. The monoisotopic (exact) mass is 530 g/mol. The molecule has 0 unspecified atom stereocenters. The third-order valence-corrected chi connectivity index (χ3v) is 7.14. The van der Waals surface area contributed by atoms with Crippen LogP contribution in [0.25, 0.3) is 17.5 Å². The van der Waals surface area contributed by atoms with Crippen molar-refractivity contribution in [2.45, 2.75) is 64.8 Å². The third-order valence-electron chi connectivity index (χ3n) is 7.14. The molecule has 39 heavy (non-hydrogen) atoms. The van der Waals surface area contributed by atoms with Crippen LogP contribution in [-0.4, -0.2) is 48.1 Å². The number of esters is 1. The van der Waals surface area contributed by atoms with E-state index in [9.17, 15) is 9.59 Å². The van der Waals surface area contributed by atoms with Crippen molar-refractivity contribution in [2.75, 3.05) is 20.3 Å². The molecule has 0 atom stereocenters. The number of hydrogen-bond donors (Lipinski definition) is 0. The second kappa shape index (κ2) is 13.8. The van der Waals surface area contributed by atoms with Crippen molar-refractivity contribution in [3.63, 3.8) is 0 Å². The van der Waals surface area contributed by atoms with E-state index in [1.165, 1.54) is 6.42 Å². The average molecular weight is 531 g/mol. The Labute approximate surface area is 230 Å². The highest BCUT2D eigenvalue weighted by Gasteiger charge is 2.24. The minimum absolute atomic E-state index is 0.0199. The molecule has 0 bridgehead atoms. The Morgan fingerprint density at radius 2 is 1.77 bits per heavy atom. The third kappa shape index (κ3) is 7.82. The first-order valence-electron chi connectivity index (χ1n) is 13.8. The smallest absolute Gasteiger partial charge is 0.334 e. The molecule has 1 amide bonds. The number of oxazole rings is 1. The lowest BCUT2D eigenvalue weighted by Crippen LogP contribution is -2.38. The number of aromatic nitrogens is 1. The zero-order chi connectivity index (χ0) is 27.6. The standard InChI is InChI=1S/C32H38N2O5/c1-4-37-32(36)26(22-30(35)34(3)27-13-9-6-10-14-27)21-24-15-17-28(18-16-24)38-20-19-29-23(2)39-31(33-29)25-11-7-5-8-12-25/h5,7-8,11-12,15-18,21,27H,4,6,9-10,13-14,19-20,22H2,1-3H3/b26-21+. The number of benzene rings is 2. The number of rotatable bonds is 11. The van der Waals surface area contributed by atoms with Gasteiger partial charge in [0.15, 0.2) is 0 Å². The van der Waals surface area contributed by atoms with Crippen molar-refractivity contribution in [2.24, 2.45) is 0 Å². The molecule has 1 aromatic heterocycles. The number of carbonyl (C=O) groups excluding carboxylic acids is 2. The van der Waals surface area contributed by atoms with E-state index in [4.69, 9.17) is 13.9 Å². The van der Waals surface area contributed by atoms with Gasteiger partial charge in [0.05, 0.1) is 25.3 Å². The molecule has 7 heteroatoms. The largest absolute Gasteiger partial charge is 0.493 e. The Bertz CT molecular complexity index is 1260. The van der Waals surface area contributed by atoms with Crippen LogP contribution < -0.4 is 4.74 Å². The Kier molecular flexibility index (Phi) is 9.95. The van der Waals surface area contributed by atoms with Gasteiger partial charge in [-0.25, -0.2) is 9.78 Å². The predicted octanol–water partition coefficient (Wildman–Crippen LogP) is 6.40. The molecule has 206 valence electrons. The molecule has 1 saturated carbocycles. The maximum absolute atomic E-state index is 13.0. The molecule has 7 nitrogen and oxygen atoms in total. The summed E-state index contributed by atoms with van der Waals surface area (Å²) in [6.45, 7) is 4.38. The first-order valence-corrected chi connectivity index (χ1v) is 13.8. The highest BCUT2D eigenvalue weighted by atomic mass is 16.5. The van der Waals surface area contributed by atoms with Crippen LogP contribution in [0.5, 0.6) is 5.75 Å². The number of ether oxygens (including phenoxy) is 2. The fourth-order valence-corrected chi connectivity index (χ4v) is 4.86. The van der Waals surface area contributed by atoms with Gasteiger partial charge in [0.25, 0.3) is 0 Å². The molecule has 1 fully saturated rings. The van der Waals surface area contributed by atoms with Crippen LogP contribution in [0.1, 0.15) is 62.5 Å². The first-order chi connectivity index (χ1) is 18.9. The molecule has 1 aliphatic carbocycles. The molecule has 0 aliphatic heterocycles. The number of nitrogens with zero attached hydrogens (tertiary/aromatic N) is 2. The molecule has 0 radical (unpaired) electrons. The van der Waals surface area contributed by atoms with Gasteiger partial charge in [0.1, 0.15) is 11.5 Å². The minimum Gasteiger partial charge on any atom is -0.493 e. The van der Waals surface area contributed by atoms with Crippen LogP contribution in [-0.2, 0) is 20.7 Å². The number of aryl methyl sites for hydroxylation is 1. The maximum Gasteiger partial charge on any atom is 0.334 e.